The van der Waals surface area contributed by atoms with Crippen LogP contribution in [0.4, 0.5) is 0 Å². The van der Waals surface area contributed by atoms with Crippen molar-refractivity contribution in [2.75, 3.05) is 13.6 Å². The lowest BCUT2D eigenvalue weighted by molar-refractivity contribution is -0.149. The fourth-order valence-electron chi connectivity index (χ4n) is 2.47. The lowest BCUT2D eigenvalue weighted by Crippen LogP contribution is -2.42. The second-order valence-corrected chi connectivity index (χ2v) is 6.45. The van der Waals surface area contributed by atoms with Gasteiger partial charge in [0.1, 0.15) is 6.04 Å². The van der Waals surface area contributed by atoms with Crippen molar-refractivity contribution in [2.45, 2.75) is 59.4 Å². The lowest BCUT2D eigenvalue weighted by atomic mass is 9.76. The largest absolute Gasteiger partial charge is 0.480 e. The minimum Gasteiger partial charge on any atom is -0.480 e. The average molecular weight is 286 g/mol. The minimum atomic E-state index is -0.947. The van der Waals surface area contributed by atoms with Crippen molar-refractivity contribution >= 4 is 11.9 Å². The first-order chi connectivity index (χ1) is 9.15. The summed E-state index contributed by atoms with van der Waals surface area (Å²) < 4.78 is 0. The third kappa shape index (κ3) is 5.90. The number of aliphatic carboxylic acids is 1. The van der Waals surface area contributed by atoms with Gasteiger partial charge in [0.15, 0.2) is 0 Å². The Morgan fingerprint density at radius 2 is 1.80 bits per heavy atom. The molecule has 2 unspecified atom stereocenters. The van der Waals surface area contributed by atoms with Crippen molar-refractivity contribution in [3.8, 4) is 0 Å². The van der Waals surface area contributed by atoms with Crippen LogP contribution in [-0.2, 0) is 9.59 Å². The Labute approximate surface area is 122 Å². The molecule has 0 aliphatic carbocycles. The summed E-state index contributed by atoms with van der Waals surface area (Å²) >= 11 is 0. The van der Waals surface area contributed by atoms with Crippen LogP contribution in [-0.4, -0.2) is 41.5 Å². The first-order valence-electron chi connectivity index (χ1n) is 7.33. The SMILES string of the molecule is CCC(C(=O)O)N(C)C(=O)CCC(CCN)C(C)(C)C. The molecule has 0 saturated carbocycles. The van der Waals surface area contributed by atoms with Gasteiger partial charge in [-0.05, 0) is 37.1 Å². The molecule has 5 heteroatoms. The van der Waals surface area contributed by atoms with Crippen LogP contribution in [0.2, 0.25) is 0 Å². The van der Waals surface area contributed by atoms with Gasteiger partial charge in [-0.2, -0.15) is 0 Å². The number of nitrogens with zero attached hydrogens (tertiary/aromatic N) is 1. The summed E-state index contributed by atoms with van der Waals surface area (Å²) in [5.74, 6) is -0.682. The molecule has 0 aliphatic rings. The molecular weight excluding hydrogens is 256 g/mol. The first kappa shape index (κ1) is 18.9. The van der Waals surface area contributed by atoms with Crippen molar-refractivity contribution in [3.05, 3.63) is 0 Å². The van der Waals surface area contributed by atoms with Crippen LogP contribution in [0.3, 0.4) is 0 Å². The van der Waals surface area contributed by atoms with E-state index in [9.17, 15) is 9.59 Å². The zero-order chi connectivity index (χ0) is 15.9. The van der Waals surface area contributed by atoms with Gasteiger partial charge in [-0.3, -0.25) is 4.79 Å². The number of hydrogen-bond acceptors (Lipinski definition) is 3. The monoisotopic (exact) mass is 286 g/mol. The highest BCUT2D eigenvalue weighted by atomic mass is 16.4. The summed E-state index contributed by atoms with van der Waals surface area (Å²) in [5, 5.41) is 9.07. The number of carbonyl (C=O) groups excluding carboxylic acids is 1. The highest BCUT2D eigenvalue weighted by molar-refractivity contribution is 5.83. The molecule has 0 heterocycles. The van der Waals surface area contributed by atoms with Gasteiger partial charge in [0.05, 0.1) is 0 Å². The third-order valence-corrected chi connectivity index (χ3v) is 3.98. The molecule has 0 spiro atoms. The maximum absolute atomic E-state index is 12.1. The third-order valence-electron chi connectivity index (χ3n) is 3.98. The van der Waals surface area contributed by atoms with Crippen LogP contribution < -0.4 is 5.73 Å². The Balaban J connectivity index is 4.56. The number of hydrogen-bond donors (Lipinski definition) is 2. The molecule has 3 N–H and O–H groups in total. The van der Waals surface area contributed by atoms with E-state index in [0.717, 1.165) is 12.8 Å². The van der Waals surface area contributed by atoms with Gasteiger partial charge in [0, 0.05) is 13.5 Å². The number of nitrogens with two attached hydrogens (primary N) is 1. The van der Waals surface area contributed by atoms with E-state index in [4.69, 9.17) is 10.8 Å². The first-order valence-corrected chi connectivity index (χ1v) is 7.33. The summed E-state index contributed by atoms with van der Waals surface area (Å²) in [6, 6.07) is -0.731. The Morgan fingerprint density at radius 3 is 2.15 bits per heavy atom. The van der Waals surface area contributed by atoms with Crippen LogP contribution in [0.15, 0.2) is 0 Å². The quantitative estimate of drug-likeness (QED) is 0.715. The number of likely N-dealkylation sites (N-methyl/N-ethyl adjacent to an activating group) is 1. The standard InChI is InChI=1S/C15H30N2O3/c1-6-12(14(19)20)17(5)13(18)8-7-11(9-10-16)15(2,3)4/h11-12H,6-10,16H2,1-5H3,(H,19,20). The number of carboxylic acid groups (broad SMARTS) is 1. The molecular formula is C15H30N2O3. The van der Waals surface area contributed by atoms with E-state index in [1.54, 1.807) is 14.0 Å². The number of rotatable bonds is 8. The molecule has 0 fully saturated rings. The summed E-state index contributed by atoms with van der Waals surface area (Å²) in [5.41, 5.74) is 5.74. The van der Waals surface area contributed by atoms with Gasteiger partial charge < -0.3 is 15.7 Å². The van der Waals surface area contributed by atoms with E-state index in [1.807, 2.05) is 0 Å². The van der Waals surface area contributed by atoms with E-state index < -0.39 is 12.0 Å². The van der Waals surface area contributed by atoms with Gasteiger partial charge in [0.25, 0.3) is 0 Å². The van der Waals surface area contributed by atoms with E-state index in [-0.39, 0.29) is 11.3 Å². The molecule has 0 rings (SSSR count). The minimum absolute atomic E-state index is 0.106. The zero-order valence-electron chi connectivity index (χ0n) is 13.5. The fraction of sp³-hybridized carbons (Fsp3) is 0.867. The molecule has 1 amide bonds. The molecule has 20 heavy (non-hydrogen) atoms. The van der Waals surface area contributed by atoms with Crippen LogP contribution >= 0.6 is 0 Å². The highest BCUT2D eigenvalue weighted by Gasteiger charge is 2.28. The normalized spacial score (nSPS) is 14.7. The van der Waals surface area contributed by atoms with Gasteiger partial charge in [-0.25, -0.2) is 4.79 Å². The number of carboxylic acids is 1. The smallest absolute Gasteiger partial charge is 0.326 e. The molecule has 118 valence electrons. The Hall–Kier alpha value is -1.10. The van der Waals surface area contributed by atoms with Crippen molar-refractivity contribution in [3.63, 3.8) is 0 Å². The Morgan fingerprint density at radius 1 is 1.25 bits per heavy atom. The van der Waals surface area contributed by atoms with Crippen LogP contribution in [0.1, 0.15) is 53.4 Å². The van der Waals surface area contributed by atoms with Crippen LogP contribution in [0.25, 0.3) is 0 Å². The molecule has 0 radical (unpaired) electrons. The summed E-state index contributed by atoms with van der Waals surface area (Å²) in [6.45, 7) is 8.82. The summed E-state index contributed by atoms with van der Waals surface area (Å²) in [4.78, 5) is 24.5. The molecule has 0 aliphatic heterocycles. The van der Waals surface area contributed by atoms with Gasteiger partial charge in [0.2, 0.25) is 5.91 Å². The van der Waals surface area contributed by atoms with E-state index in [1.165, 1.54) is 4.90 Å². The second-order valence-electron chi connectivity index (χ2n) is 6.45. The van der Waals surface area contributed by atoms with Crippen molar-refractivity contribution in [1.29, 1.82) is 0 Å². The lowest BCUT2D eigenvalue weighted by Gasteiger charge is -2.31. The molecule has 0 saturated heterocycles. The van der Waals surface area contributed by atoms with E-state index >= 15 is 0 Å². The molecule has 0 bridgehead atoms. The maximum atomic E-state index is 12.1. The Kier molecular flexibility index (Phi) is 7.79. The van der Waals surface area contributed by atoms with Gasteiger partial charge in [-0.15, -0.1) is 0 Å². The topological polar surface area (TPSA) is 83.6 Å². The second kappa shape index (κ2) is 8.25. The van der Waals surface area contributed by atoms with Crippen LogP contribution in [0, 0.1) is 11.3 Å². The average Bonchev–Trinajstić information content (AvgIpc) is 2.32. The van der Waals surface area contributed by atoms with Crippen molar-refractivity contribution in [2.24, 2.45) is 17.1 Å². The van der Waals surface area contributed by atoms with Gasteiger partial charge in [-0.1, -0.05) is 27.7 Å². The summed E-state index contributed by atoms with van der Waals surface area (Å²) in [6.07, 6.45) is 2.43. The maximum Gasteiger partial charge on any atom is 0.326 e. The van der Waals surface area contributed by atoms with Gasteiger partial charge >= 0.3 is 5.97 Å². The molecule has 5 nitrogen and oxygen atoms in total. The predicted octanol–water partition coefficient (Wildman–Crippen LogP) is 2.10. The van der Waals surface area contributed by atoms with Crippen LogP contribution in [0.5, 0.6) is 0 Å². The predicted molar refractivity (Wildman–Crippen MR) is 80.3 cm³/mol. The molecule has 0 aromatic heterocycles. The molecule has 2 atom stereocenters. The number of carbonyl (C=O) groups is 2. The molecule has 0 aromatic carbocycles. The fourth-order valence-corrected chi connectivity index (χ4v) is 2.47. The summed E-state index contributed by atoms with van der Waals surface area (Å²) in [7, 11) is 1.57. The highest BCUT2D eigenvalue weighted by Crippen LogP contribution is 2.32. The molecule has 0 aromatic rings. The zero-order valence-corrected chi connectivity index (χ0v) is 13.5. The van der Waals surface area contributed by atoms with Crippen molar-refractivity contribution in [1.82, 2.24) is 4.90 Å². The Bertz CT molecular complexity index is 324. The van der Waals surface area contributed by atoms with E-state index in [2.05, 4.69) is 20.8 Å². The van der Waals surface area contributed by atoms with Crippen molar-refractivity contribution < 1.29 is 14.7 Å². The number of amides is 1. The van der Waals surface area contributed by atoms with E-state index in [0.29, 0.717) is 25.3 Å².